The van der Waals surface area contributed by atoms with Crippen molar-refractivity contribution in [2.75, 3.05) is 0 Å². The summed E-state index contributed by atoms with van der Waals surface area (Å²) in [6.45, 7) is 6.87. The van der Waals surface area contributed by atoms with Gasteiger partial charge < -0.3 is 0 Å². The fourth-order valence-corrected chi connectivity index (χ4v) is 0.604. The Morgan fingerprint density at radius 3 is 2.36 bits per heavy atom. The Kier molecular flexibility index (Phi) is 4.16. The summed E-state index contributed by atoms with van der Waals surface area (Å²) >= 11 is 3.01. The van der Waals surface area contributed by atoms with Crippen molar-refractivity contribution >= 4 is 22.2 Å². The SMILES string of the molecule is C=C(C#N)/C=C(/C=O)C(=C)Br. The normalized spacial score (nSPS) is 10.0. The van der Waals surface area contributed by atoms with Crippen molar-refractivity contribution in [1.82, 2.24) is 0 Å². The second-order valence-electron chi connectivity index (χ2n) is 1.76. The molecule has 0 fully saturated rings. The van der Waals surface area contributed by atoms with Gasteiger partial charge in [0.15, 0.2) is 6.29 Å². The van der Waals surface area contributed by atoms with Crippen molar-refractivity contribution in [2.45, 2.75) is 0 Å². The smallest absolute Gasteiger partial charge is 0.151 e. The van der Waals surface area contributed by atoms with E-state index in [9.17, 15) is 4.79 Å². The zero-order chi connectivity index (χ0) is 8.85. The Hall–Kier alpha value is -1.14. The molecule has 0 unspecified atom stereocenters. The van der Waals surface area contributed by atoms with Gasteiger partial charge in [-0.2, -0.15) is 5.26 Å². The minimum absolute atomic E-state index is 0.229. The molecule has 0 atom stereocenters. The highest BCUT2D eigenvalue weighted by atomic mass is 79.9. The molecule has 0 aromatic rings. The van der Waals surface area contributed by atoms with Crippen molar-refractivity contribution in [2.24, 2.45) is 0 Å². The number of carbonyl (C=O) groups is 1. The van der Waals surface area contributed by atoms with E-state index in [1.54, 1.807) is 6.07 Å². The van der Waals surface area contributed by atoms with Crippen LogP contribution in [0.4, 0.5) is 0 Å². The molecular weight excluding hydrogens is 206 g/mol. The van der Waals surface area contributed by atoms with Gasteiger partial charge in [-0.15, -0.1) is 0 Å². The van der Waals surface area contributed by atoms with Gasteiger partial charge in [0.2, 0.25) is 0 Å². The molecule has 0 amide bonds. The predicted molar refractivity (Wildman–Crippen MR) is 47.0 cm³/mol. The van der Waals surface area contributed by atoms with Gasteiger partial charge in [-0.1, -0.05) is 29.1 Å². The van der Waals surface area contributed by atoms with Crippen LogP contribution < -0.4 is 0 Å². The number of halogens is 1. The van der Waals surface area contributed by atoms with Gasteiger partial charge in [-0.05, 0) is 6.08 Å². The molecule has 0 aromatic heterocycles. The van der Waals surface area contributed by atoms with Crippen molar-refractivity contribution in [3.05, 3.63) is 34.9 Å². The summed E-state index contributed by atoms with van der Waals surface area (Å²) in [6, 6.07) is 1.79. The van der Waals surface area contributed by atoms with Crippen LogP contribution in [0.25, 0.3) is 0 Å². The van der Waals surface area contributed by atoms with Crippen LogP contribution in [0.5, 0.6) is 0 Å². The van der Waals surface area contributed by atoms with Crippen LogP contribution in [0.3, 0.4) is 0 Å². The third-order valence-electron chi connectivity index (χ3n) is 0.914. The molecule has 0 aromatic carbocycles. The third-order valence-corrected chi connectivity index (χ3v) is 1.37. The molecule has 0 saturated carbocycles. The fraction of sp³-hybridized carbons (Fsp3) is 0. The van der Waals surface area contributed by atoms with Gasteiger partial charge in [0.05, 0.1) is 6.07 Å². The van der Waals surface area contributed by atoms with Crippen LogP contribution in [0.15, 0.2) is 34.9 Å². The number of rotatable bonds is 3. The molecule has 0 radical (unpaired) electrons. The van der Waals surface area contributed by atoms with E-state index in [0.29, 0.717) is 16.3 Å². The lowest BCUT2D eigenvalue weighted by atomic mass is 10.2. The summed E-state index contributed by atoms with van der Waals surface area (Å²) in [7, 11) is 0. The van der Waals surface area contributed by atoms with Gasteiger partial charge in [-0.3, -0.25) is 4.79 Å². The summed E-state index contributed by atoms with van der Waals surface area (Å²) in [5, 5.41) is 8.31. The number of hydrogen-bond donors (Lipinski definition) is 0. The topological polar surface area (TPSA) is 40.9 Å². The fourth-order valence-electron chi connectivity index (χ4n) is 0.396. The first-order valence-electron chi connectivity index (χ1n) is 2.72. The Bertz CT molecular complexity index is 270. The van der Waals surface area contributed by atoms with E-state index in [-0.39, 0.29) is 5.57 Å². The molecule has 0 bridgehead atoms. The lowest BCUT2D eigenvalue weighted by Crippen LogP contribution is -1.83. The van der Waals surface area contributed by atoms with Gasteiger partial charge in [0.25, 0.3) is 0 Å². The first-order chi connectivity index (χ1) is 5.11. The van der Waals surface area contributed by atoms with Crippen LogP contribution in [-0.4, -0.2) is 6.29 Å². The summed E-state index contributed by atoms with van der Waals surface area (Å²) in [5.74, 6) is 0. The molecule has 56 valence electrons. The average Bonchev–Trinajstić information content (AvgIpc) is 1.99. The number of hydrogen-bond acceptors (Lipinski definition) is 2. The van der Waals surface area contributed by atoms with Gasteiger partial charge >= 0.3 is 0 Å². The van der Waals surface area contributed by atoms with Crippen LogP contribution in [0.2, 0.25) is 0 Å². The molecule has 3 heteroatoms. The molecule has 0 spiro atoms. The van der Waals surface area contributed by atoms with E-state index in [4.69, 9.17) is 5.26 Å². The number of nitrogens with zero attached hydrogens (tertiary/aromatic N) is 1. The molecule has 0 N–H and O–H groups in total. The molecule has 0 heterocycles. The minimum Gasteiger partial charge on any atom is -0.298 e. The van der Waals surface area contributed by atoms with E-state index >= 15 is 0 Å². The maximum absolute atomic E-state index is 10.3. The molecule has 0 rings (SSSR count). The zero-order valence-corrected chi connectivity index (χ0v) is 7.39. The highest BCUT2D eigenvalue weighted by Gasteiger charge is 1.97. The van der Waals surface area contributed by atoms with Crippen LogP contribution >= 0.6 is 15.9 Å². The largest absolute Gasteiger partial charge is 0.298 e. The summed E-state index contributed by atoms with van der Waals surface area (Å²) in [6.07, 6.45) is 1.98. The number of allylic oxidation sites excluding steroid dienone is 4. The monoisotopic (exact) mass is 211 g/mol. The summed E-state index contributed by atoms with van der Waals surface area (Å²) in [5.41, 5.74) is 0.559. The first kappa shape index (κ1) is 9.86. The molecule has 0 saturated heterocycles. The second-order valence-corrected chi connectivity index (χ2v) is 2.72. The maximum Gasteiger partial charge on any atom is 0.151 e. The first-order valence-corrected chi connectivity index (χ1v) is 3.51. The predicted octanol–water partition coefficient (Wildman–Crippen LogP) is 2.10. The Labute approximate surface area is 73.6 Å². The Morgan fingerprint density at radius 1 is 1.55 bits per heavy atom. The number of nitriles is 1. The molecule has 2 nitrogen and oxygen atoms in total. The van der Waals surface area contributed by atoms with E-state index in [1.807, 2.05) is 0 Å². The number of aldehydes is 1. The van der Waals surface area contributed by atoms with Crippen LogP contribution in [0, 0.1) is 11.3 Å². The molecule has 0 aliphatic carbocycles. The Balaban J connectivity index is 4.65. The maximum atomic E-state index is 10.3. The van der Waals surface area contributed by atoms with Crippen LogP contribution in [0.1, 0.15) is 0 Å². The zero-order valence-electron chi connectivity index (χ0n) is 5.80. The highest BCUT2D eigenvalue weighted by Crippen LogP contribution is 2.13. The number of carbonyl (C=O) groups excluding carboxylic acids is 1. The minimum atomic E-state index is 0.229. The van der Waals surface area contributed by atoms with E-state index in [0.717, 1.165) is 0 Å². The van der Waals surface area contributed by atoms with Gasteiger partial charge in [0, 0.05) is 15.6 Å². The average molecular weight is 212 g/mol. The Morgan fingerprint density at radius 2 is 2.09 bits per heavy atom. The van der Waals surface area contributed by atoms with Crippen LogP contribution in [-0.2, 0) is 4.79 Å². The van der Waals surface area contributed by atoms with E-state index in [1.165, 1.54) is 6.08 Å². The standard InChI is InChI=1S/C8H6BrNO/c1-6(4-10)3-8(5-11)7(2)9/h3,5H,1-2H2/b8-3-. The summed E-state index contributed by atoms with van der Waals surface area (Å²) in [4.78, 5) is 10.3. The molecule has 0 aliphatic heterocycles. The quantitative estimate of drug-likeness (QED) is 0.311. The molecule has 11 heavy (non-hydrogen) atoms. The van der Waals surface area contributed by atoms with Crippen molar-refractivity contribution in [3.63, 3.8) is 0 Å². The third kappa shape index (κ3) is 3.54. The van der Waals surface area contributed by atoms with Crippen molar-refractivity contribution in [3.8, 4) is 6.07 Å². The lowest BCUT2D eigenvalue weighted by molar-refractivity contribution is -0.104. The molecular formula is C8H6BrNO. The van der Waals surface area contributed by atoms with Gasteiger partial charge in [-0.25, -0.2) is 0 Å². The summed E-state index contributed by atoms with van der Waals surface area (Å²) < 4.78 is 0.448. The van der Waals surface area contributed by atoms with Gasteiger partial charge in [0.1, 0.15) is 0 Å². The lowest BCUT2D eigenvalue weighted by Gasteiger charge is -1.92. The van der Waals surface area contributed by atoms with Crippen molar-refractivity contribution < 1.29 is 4.79 Å². The van der Waals surface area contributed by atoms with E-state index in [2.05, 4.69) is 29.1 Å². The van der Waals surface area contributed by atoms with Crippen molar-refractivity contribution in [1.29, 1.82) is 5.26 Å². The van der Waals surface area contributed by atoms with E-state index < -0.39 is 0 Å². The molecule has 0 aliphatic rings. The second kappa shape index (κ2) is 4.64. The highest BCUT2D eigenvalue weighted by molar-refractivity contribution is 9.12.